The molecule has 0 atom stereocenters. The van der Waals surface area contributed by atoms with E-state index in [1.54, 1.807) is 24.3 Å². The summed E-state index contributed by atoms with van der Waals surface area (Å²) in [7, 11) is -9.58. The van der Waals surface area contributed by atoms with Crippen LogP contribution in [0, 0.1) is 0 Å². The van der Waals surface area contributed by atoms with Crippen LogP contribution in [0.15, 0.2) is 127 Å². The van der Waals surface area contributed by atoms with Gasteiger partial charge in [-0.1, -0.05) is 30.3 Å². The predicted octanol–water partition coefficient (Wildman–Crippen LogP) is 6.37. The minimum atomic E-state index is -4.79. The Morgan fingerprint density at radius 3 is 1.78 bits per heavy atom. The molecule has 1 aliphatic heterocycles. The van der Waals surface area contributed by atoms with Crippen LogP contribution in [0.5, 0.6) is 0 Å². The molecule has 0 unspecified atom stereocenters. The van der Waals surface area contributed by atoms with E-state index in [1.807, 2.05) is 59.5 Å². The van der Waals surface area contributed by atoms with Crippen LogP contribution in [0.1, 0.15) is 11.4 Å². The average molecular weight is 716 g/mol. The van der Waals surface area contributed by atoms with Crippen molar-refractivity contribution in [1.82, 2.24) is 15.0 Å². The number of aromatic nitrogens is 3. The van der Waals surface area contributed by atoms with Gasteiger partial charge in [0.2, 0.25) is 11.9 Å². The van der Waals surface area contributed by atoms with E-state index >= 15 is 0 Å². The Bertz CT molecular complexity index is 2200. The van der Waals surface area contributed by atoms with Crippen molar-refractivity contribution >= 4 is 60.6 Å². The molecule has 2 heterocycles. The lowest BCUT2D eigenvalue weighted by Crippen LogP contribution is -2.37. The molecule has 3 N–H and O–H groups in total. The molecule has 0 spiro atoms. The quantitative estimate of drug-likeness (QED) is 0.100. The van der Waals surface area contributed by atoms with Gasteiger partial charge in [0.25, 0.3) is 20.2 Å². The summed E-state index contributed by atoms with van der Waals surface area (Å²) in [5.41, 5.74) is 3.16. The standard InChI is InChI=1S/C32H29N9O7S2/c42-49(43,44)28-19-27(20-29(21-28)50(45,46)47)40-39-26-12-10-23(11-13-26)33-31-34-30(35-32(36-31)41-14-16-48-17-15-41)18-22-6-8-25(9-7-22)38-37-24-4-2-1-3-5-24/h1-13,19-21H,14-18H2,(H,42,43,44)(H,45,46,47)(H,33,34,35,36). The summed E-state index contributed by atoms with van der Waals surface area (Å²) >= 11 is 0. The topological polar surface area (TPSA) is 221 Å². The van der Waals surface area contributed by atoms with Gasteiger partial charge < -0.3 is 15.0 Å². The van der Waals surface area contributed by atoms with Gasteiger partial charge in [-0.05, 0) is 72.3 Å². The van der Waals surface area contributed by atoms with Crippen LogP contribution in [0.4, 0.5) is 40.3 Å². The SMILES string of the molecule is O=S(=O)(O)c1cc(N=Nc2ccc(Nc3nc(Cc4ccc(N=Nc5ccccc5)cc4)nc(N4CCOCC4)n3)cc2)cc(S(=O)(=O)O)c1. The summed E-state index contributed by atoms with van der Waals surface area (Å²) in [6, 6.07) is 26.1. The lowest BCUT2D eigenvalue weighted by Gasteiger charge is -2.27. The maximum atomic E-state index is 11.6. The molecule has 1 aliphatic rings. The Morgan fingerprint density at radius 1 is 0.660 bits per heavy atom. The highest BCUT2D eigenvalue weighted by Crippen LogP contribution is 2.27. The Morgan fingerprint density at radius 2 is 1.20 bits per heavy atom. The Hall–Kier alpha value is -5.53. The van der Waals surface area contributed by atoms with E-state index in [2.05, 4.69) is 35.7 Å². The number of nitrogens with zero attached hydrogens (tertiary/aromatic N) is 8. The van der Waals surface area contributed by atoms with Crippen molar-refractivity contribution in [2.45, 2.75) is 16.2 Å². The van der Waals surface area contributed by atoms with E-state index in [-0.39, 0.29) is 5.69 Å². The van der Waals surface area contributed by atoms with Gasteiger partial charge >= 0.3 is 0 Å². The number of nitrogens with one attached hydrogen (secondary N) is 1. The number of azo groups is 2. The van der Waals surface area contributed by atoms with Crippen LogP contribution < -0.4 is 10.2 Å². The third kappa shape index (κ3) is 9.33. The van der Waals surface area contributed by atoms with Gasteiger partial charge in [0.05, 0.1) is 45.8 Å². The second-order valence-electron chi connectivity index (χ2n) is 10.8. The second kappa shape index (κ2) is 14.9. The molecule has 5 aromatic rings. The molecule has 1 aromatic heterocycles. The minimum Gasteiger partial charge on any atom is -0.378 e. The van der Waals surface area contributed by atoms with Gasteiger partial charge in [-0.25, -0.2) is 0 Å². The number of anilines is 3. The molecule has 16 nitrogen and oxygen atoms in total. The first-order valence-corrected chi connectivity index (χ1v) is 17.9. The van der Waals surface area contributed by atoms with Crippen molar-refractivity contribution in [3.05, 3.63) is 108 Å². The monoisotopic (exact) mass is 715 g/mol. The van der Waals surface area contributed by atoms with Crippen LogP contribution in [-0.2, 0) is 31.4 Å². The van der Waals surface area contributed by atoms with E-state index < -0.39 is 30.0 Å². The summed E-state index contributed by atoms with van der Waals surface area (Å²) < 4.78 is 70.6. The zero-order valence-electron chi connectivity index (χ0n) is 26.1. The molecular formula is C32H29N9O7S2. The van der Waals surface area contributed by atoms with Crippen molar-refractivity contribution in [2.24, 2.45) is 20.5 Å². The number of hydrogen-bond donors (Lipinski definition) is 3. The average Bonchev–Trinajstić information content (AvgIpc) is 3.11. The first-order valence-electron chi connectivity index (χ1n) is 15.0. The Kier molecular flexibility index (Phi) is 10.3. The van der Waals surface area contributed by atoms with Gasteiger partial charge in [0, 0.05) is 25.2 Å². The summed E-state index contributed by atoms with van der Waals surface area (Å²) in [4.78, 5) is 14.5. The third-order valence-electron chi connectivity index (χ3n) is 7.16. The normalized spacial score (nSPS) is 14.0. The van der Waals surface area contributed by atoms with Crippen LogP contribution in [-0.4, -0.2) is 67.2 Å². The fourth-order valence-electron chi connectivity index (χ4n) is 4.69. The molecule has 18 heteroatoms. The van der Waals surface area contributed by atoms with Gasteiger partial charge in [-0.2, -0.15) is 52.2 Å². The molecule has 256 valence electrons. The van der Waals surface area contributed by atoms with Gasteiger partial charge in [0.1, 0.15) is 5.82 Å². The summed E-state index contributed by atoms with van der Waals surface area (Å²) in [6.45, 7) is 2.36. The first kappa shape index (κ1) is 34.3. The molecule has 0 amide bonds. The molecule has 50 heavy (non-hydrogen) atoms. The van der Waals surface area contributed by atoms with Crippen molar-refractivity contribution in [2.75, 3.05) is 36.5 Å². The van der Waals surface area contributed by atoms with E-state index in [1.165, 1.54) is 0 Å². The van der Waals surface area contributed by atoms with Crippen molar-refractivity contribution in [3.8, 4) is 0 Å². The fraction of sp³-hybridized carbons (Fsp3) is 0.156. The van der Waals surface area contributed by atoms with Gasteiger partial charge in [0.15, 0.2) is 0 Å². The van der Waals surface area contributed by atoms with Crippen molar-refractivity contribution < 1.29 is 30.7 Å². The van der Waals surface area contributed by atoms with Crippen LogP contribution in [0.3, 0.4) is 0 Å². The zero-order chi connectivity index (χ0) is 35.1. The van der Waals surface area contributed by atoms with Gasteiger partial charge in [-0.15, -0.1) is 0 Å². The largest absolute Gasteiger partial charge is 0.378 e. The van der Waals surface area contributed by atoms with Gasteiger partial charge in [-0.3, -0.25) is 9.11 Å². The molecule has 6 rings (SSSR count). The smallest absolute Gasteiger partial charge is 0.294 e. The number of morpholine rings is 1. The molecule has 1 fully saturated rings. The third-order valence-corrected chi connectivity index (χ3v) is 8.83. The number of hydrogen-bond acceptors (Lipinski definition) is 14. The van der Waals surface area contributed by atoms with Crippen LogP contribution in [0.25, 0.3) is 0 Å². The molecule has 1 saturated heterocycles. The zero-order valence-corrected chi connectivity index (χ0v) is 27.7. The lowest BCUT2D eigenvalue weighted by molar-refractivity contribution is 0.122. The second-order valence-corrected chi connectivity index (χ2v) is 13.7. The summed E-state index contributed by atoms with van der Waals surface area (Å²) in [5.74, 6) is 1.37. The number of benzene rings is 4. The maximum absolute atomic E-state index is 11.6. The lowest BCUT2D eigenvalue weighted by atomic mass is 10.1. The number of ether oxygens (including phenoxy) is 1. The molecule has 0 saturated carbocycles. The van der Waals surface area contributed by atoms with Crippen LogP contribution >= 0.6 is 0 Å². The number of rotatable bonds is 11. The molecular weight excluding hydrogens is 687 g/mol. The van der Waals surface area contributed by atoms with E-state index in [0.29, 0.717) is 73.6 Å². The van der Waals surface area contributed by atoms with E-state index in [9.17, 15) is 25.9 Å². The highest BCUT2D eigenvalue weighted by molar-refractivity contribution is 7.86. The fourth-order valence-corrected chi connectivity index (χ4v) is 5.85. The molecule has 0 aliphatic carbocycles. The molecule has 0 bridgehead atoms. The van der Waals surface area contributed by atoms with Crippen molar-refractivity contribution in [3.63, 3.8) is 0 Å². The maximum Gasteiger partial charge on any atom is 0.294 e. The first-order chi connectivity index (χ1) is 24.0. The Balaban J connectivity index is 1.19. The highest BCUT2D eigenvalue weighted by atomic mass is 32.2. The molecule has 4 aromatic carbocycles. The summed E-state index contributed by atoms with van der Waals surface area (Å²) in [5, 5.41) is 19.6. The van der Waals surface area contributed by atoms with E-state index in [4.69, 9.17) is 9.72 Å². The Labute approximate surface area is 287 Å². The van der Waals surface area contributed by atoms with E-state index in [0.717, 1.165) is 23.4 Å². The van der Waals surface area contributed by atoms with Crippen molar-refractivity contribution in [1.29, 1.82) is 0 Å². The minimum absolute atomic E-state index is 0.227. The highest BCUT2D eigenvalue weighted by Gasteiger charge is 2.19. The summed E-state index contributed by atoms with van der Waals surface area (Å²) in [6.07, 6.45) is 0.433. The van der Waals surface area contributed by atoms with Crippen LogP contribution in [0.2, 0.25) is 0 Å². The molecule has 0 radical (unpaired) electrons. The predicted molar refractivity (Wildman–Crippen MR) is 183 cm³/mol.